The normalized spacial score (nSPS) is 21.1. The first-order valence-electron chi connectivity index (χ1n) is 6.09. The van der Waals surface area contributed by atoms with Gasteiger partial charge in [0.05, 0.1) is 7.11 Å². The predicted octanol–water partition coefficient (Wildman–Crippen LogP) is 1.66. The molecule has 0 aliphatic heterocycles. The summed E-state index contributed by atoms with van der Waals surface area (Å²) in [7, 11) is 1.34. The van der Waals surface area contributed by atoms with Gasteiger partial charge in [0.1, 0.15) is 6.04 Å². The van der Waals surface area contributed by atoms with Crippen LogP contribution in [0.5, 0.6) is 0 Å². The van der Waals surface area contributed by atoms with Crippen molar-refractivity contribution in [1.29, 1.82) is 0 Å². The van der Waals surface area contributed by atoms with Crippen LogP contribution in [0, 0.1) is 11.8 Å². The van der Waals surface area contributed by atoms with E-state index in [9.17, 15) is 9.59 Å². The fourth-order valence-corrected chi connectivity index (χ4v) is 1.93. The Labute approximate surface area is 102 Å². The van der Waals surface area contributed by atoms with E-state index >= 15 is 0 Å². The molecule has 0 aromatic heterocycles. The van der Waals surface area contributed by atoms with E-state index in [0.717, 1.165) is 19.3 Å². The zero-order valence-electron chi connectivity index (χ0n) is 10.7. The van der Waals surface area contributed by atoms with Crippen LogP contribution in [0.1, 0.15) is 33.1 Å². The lowest BCUT2D eigenvalue weighted by Gasteiger charge is -2.23. The Morgan fingerprint density at radius 1 is 1.35 bits per heavy atom. The fraction of sp³-hybridized carbons (Fsp3) is 0.692. The van der Waals surface area contributed by atoms with E-state index in [4.69, 9.17) is 4.74 Å². The second-order valence-corrected chi connectivity index (χ2v) is 4.73. The maximum absolute atomic E-state index is 12.0. The molecule has 0 radical (unpaired) electrons. The molecule has 1 rings (SSSR count). The second-order valence-electron chi connectivity index (χ2n) is 4.73. The van der Waals surface area contributed by atoms with E-state index in [2.05, 4.69) is 11.4 Å². The van der Waals surface area contributed by atoms with Crippen molar-refractivity contribution in [3.05, 3.63) is 12.2 Å². The van der Waals surface area contributed by atoms with Gasteiger partial charge >= 0.3 is 5.97 Å². The van der Waals surface area contributed by atoms with Gasteiger partial charge in [-0.25, -0.2) is 4.79 Å². The molecule has 2 atom stereocenters. The molecule has 2 unspecified atom stereocenters. The third kappa shape index (κ3) is 3.88. The average Bonchev–Trinajstić information content (AvgIpc) is 2.35. The van der Waals surface area contributed by atoms with Crippen LogP contribution in [0.4, 0.5) is 0 Å². The highest BCUT2D eigenvalue weighted by atomic mass is 16.5. The zero-order valence-corrected chi connectivity index (χ0v) is 10.7. The van der Waals surface area contributed by atoms with Crippen molar-refractivity contribution in [3.8, 4) is 0 Å². The standard InChI is InChI=1S/C13H21NO3/c1-9(2)11(13(16)17-3)14-12(15)10-7-5-4-6-8-10/h4-5,9-11H,6-8H2,1-3H3,(H,14,15). The smallest absolute Gasteiger partial charge is 0.328 e. The maximum atomic E-state index is 12.0. The number of rotatable bonds is 4. The molecule has 0 spiro atoms. The van der Waals surface area contributed by atoms with Crippen LogP contribution >= 0.6 is 0 Å². The summed E-state index contributed by atoms with van der Waals surface area (Å²) in [6.45, 7) is 3.78. The molecule has 0 bridgehead atoms. The Bertz CT molecular complexity index is 310. The van der Waals surface area contributed by atoms with Crippen LogP contribution in [-0.2, 0) is 14.3 Å². The van der Waals surface area contributed by atoms with Crippen LogP contribution < -0.4 is 5.32 Å². The van der Waals surface area contributed by atoms with Gasteiger partial charge in [-0.1, -0.05) is 26.0 Å². The van der Waals surface area contributed by atoms with Crippen molar-refractivity contribution in [2.24, 2.45) is 11.8 Å². The summed E-state index contributed by atoms with van der Waals surface area (Å²) in [4.78, 5) is 23.5. The molecule has 0 saturated carbocycles. The summed E-state index contributed by atoms with van der Waals surface area (Å²) in [6, 6.07) is -0.543. The highest BCUT2D eigenvalue weighted by Crippen LogP contribution is 2.18. The maximum Gasteiger partial charge on any atom is 0.328 e. The number of ether oxygens (including phenoxy) is 1. The number of amides is 1. The molecule has 0 fully saturated rings. The molecule has 0 heterocycles. The van der Waals surface area contributed by atoms with Gasteiger partial charge in [-0.3, -0.25) is 4.79 Å². The van der Waals surface area contributed by atoms with E-state index in [1.54, 1.807) is 0 Å². The van der Waals surface area contributed by atoms with Crippen molar-refractivity contribution in [2.75, 3.05) is 7.11 Å². The number of allylic oxidation sites excluding steroid dienone is 2. The van der Waals surface area contributed by atoms with Crippen molar-refractivity contribution in [1.82, 2.24) is 5.32 Å². The van der Waals surface area contributed by atoms with Gasteiger partial charge in [0.25, 0.3) is 0 Å². The lowest BCUT2D eigenvalue weighted by atomic mass is 9.92. The minimum Gasteiger partial charge on any atom is -0.467 e. The summed E-state index contributed by atoms with van der Waals surface area (Å²) >= 11 is 0. The Morgan fingerprint density at radius 2 is 2.06 bits per heavy atom. The SMILES string of the molecule is COC(=O)C(NC(=O)C1CC=CCC1)C(C)C. The van der Waals surface area contributed by atoms with E-state index in [1.165, 1.54) is 7.11 Å². The van der Waals surface area contributed by atoms with Gasteiger partial charge < -0.3 is 10.1 Å². The molecule has 4 heteroatoms. The van der Waals surface area contributed by atoms with E-state index in [0.29, 0.717) is 0 Å². The molecule has 1 aliphatic carbocycles. The van der Waals surface area contributed by atoms with Crippen LogP contribution in [0.3, 0.4) is 0 Å². The molecule has 17 heavy (non-hydrogen) atoms. The third-order valence-corrected chi connectivity index (χ3v) is 3.06. The molecule has 0 aromatic rings. The Hall–Kier alpha value is -1.32. The van der Waals surface area contributed by atoms with Crippen molar-refractivity contribution >= 4 is 11.9 Å². The van der Waals surface area contributed by atoms with Gasteiger partial charge in [-0.15, -0.1) is 0 Å². The zero-order chi connectivity index (χ0) is 12.8. The number of nitrogens with one attached hydrogen (secondary N) is 1. The van der Waals surface area contributed by atoms with Gasteiger partial charge in [0.15, 0.2) is 0 Å². The average molecular weight is 239 g/mol. The minimum absolute atomic E-state index is 0.00842. The van der Waals surface area contributed by atoms with Crippen LogP contribution in [0.15, 0.2) is 12.2 Å². The summed E-state index contributed by atoms with van der Waals surface area (Å²) in [5.74, 6) is -0.394. The number of hydrogen-bond donors (Lipinski definition) is 1. The summed E-state index contributed by atoms with van der Waals surface area (Å²) in [5.41, 5.74) is 0. The number of esters is 1. The fourth-order valence-electron chi connectivity index (χ4n) is 1.93. The molecule has 0 aromatic carbocycles. The van der Waals surface area contributed by atoms with E-state index in [1.807, 2.05) is 19.9 Å². The largest absolute Gasteiger partial charge is 0.467 e. The van der Waals surface area contributed by atoms with Crippen LogP contribution in [0.25, 0.3) is 0 Å². The molecular formula is C13H21NO3. The number of carbonyl (C=O) groups is 2. The Balaban J connectivity index is 2.57. The van der Waals surface area contributed by atoms with Gasteiger partial charge in [-0.05, 0) is 25.2 Å². The lowest BCUT2D eigenvalue weighted by Crippen LogP contribution is -2.47. The summed E-state index contributed by atoms with van der Waals surface area (Å²) < 4.78 is 4.69. The Morgan fingerprint density at radius 3 is 2.53 bits per heavy atom. The molecular weight excluding hydrogens is 218 g/mol. The van der Waals surface area contributed by atoms with Crippen LogP contribution in [-0.4, -0.2) is 25.0 Å². The minimum atomic E-state index is -0.543. The monoisotopic (exact) mass is 239 g/mol. The van der Waals surface area contributed by atoms with E-state index < -0.39 is 6.04 Å². The molecule has 0 saturated heterocycles. The number of carbonyl (C=O) groups excluding carboxylic acids is 2. The van der Waals surface area contributed by atoms with Crippen molar-refractivity contribution in [3.63, 3.8) is 0 Å². The van der Waals surface area contributed by atoms with Gasteiger partial charge in [0.2, 0.25) is 5.91 Å². The lowest BCUT2D eigenvalue weighted by molar-refractivity contribution is -0.147. The highest BCUT2D eigenvalue weighted by Gasteiger charge is 2.28. The van der Waals surface area contributed by atoms with Gasteiger partial charge in [-0.2, -0.15) is 0 Å². The molecule has 4 nitrogen and oxygen atoms in total. The summed E-state index contributed by atoms with van der Waals surface area (Å²) in [6.07, 6.45) is 6.66. The molecule has 1 N–H and O–H groups in total. The first-order chi connectivity index (χ1) is 8.06. The summed E-state index contributed by atoms with van der Waals surface area (Å²) in [5, 5.41) is 2.79. The van der Waals surface area contributed by atoms with Crippen molar-refractivity contribution in [2.45, 2.75) is 39.2 Å². The molecule has 1 amide bonds. The van der Waals surface area contributed by atoms with Crippen LogP contribution in [0.2, 0.25) is 0 Å². The first kappa shape index (κ1) is 13.7. The first-order valence-corrected chi connectivity index (χ1v) is 6.09. The van der Waals surface area contributed by atoms with E-state index in [-0.39, 0.29) is 23.7 Å². The molecule has 1 aliphatic rings. The third-order valence-electron chi connectivity index (χ3n) is 3.06. The quantitative estimate of drug-likeness (QED) is 0.599. The topological polar surface area (TPSA) is 55.4 Å². The molecule has 96 valence electrons. The second kappa shape index (κ2) is 6.42. The Kier molecular flexibility index (Phi) is 5.19. The highest BCUT2D eigenvalue weighted by molar-refractivity contribution is 5.86. The predicted molar refractivity (Wildman–Crippen MR) is 65.3 cm³/mol. The van der Waals surface area contributed by atoms with Crippen molar-refractivity contribution < 1.29 is 14.3 Å². The van der Waals surface area contributed by atoms with Gasteiger partial charge in [0, 0.05) is 5.92 Å². The number of methoxy groups -OCH3 is 1. The number of hydrogen-bond acceptors (Lipinski definition) is 3.